The van der Waals surface area contributed by atoms with Gasteiger partial charge in [-0.05, 0) is 47.9 Å². The van der Waals surface area contributed by atoms with Crippen molar-refractivity contribution in [1.29, 1.82) is 0 Å². The van der Waals surface area contributed by atoms with Gasteiger partial charge in [-0.1, -0.05) is 55.5 Å². The molecular formula is C28H28N2O2. The van der Waals surface area contributed by atoms with Crippen molar-refractivity contribution in [3.8, 4) is 0 Å². The lowest BCUT2D eigenvalue weighted by molar-refractivity contribution is -0.0153. The predicted molar refractivity (Wildman–Crippen MR) is 131 cm³/mol. The van der Waals surface area contributed by atoms with Crippen LogP contribution in [0.1, 0.15) is 24.5 Å². The third-order valence-electron chi connectivity index (χ3n) is 7.67. The molecule has 4 aromatic rings. The fraction of sp³-hybridized carbons (Fsp3) is 0.286. The predicted octanol–water partition coefficient (Wildman–Crippen LogP) is 5.23. The molecule has 1 fully saturated rings. The van der Waals surface area contributed by atoms with Crippen LogP contribution in [0, 0.1) is 0 Å². The molecule has 32 heavy (non-hydrogen) atoms. The maximum absolute atomic E-state index is 9.96. The molecule has 3 aromatic carbocycles. The highest BCUT2D eigenvalue weighted by molar-refractivity contribution is 6.08. The first-order valence-corrected chi connectivity index (χ1v) is 11.4. The third-order valence-corrected chi connectivity index (χ3v) is 7.67. The van der Waals surface area contributed by atoms with Gasteiger partial charge in [-0.25, -0.2) is 0 Å². The van der Waals surface area contributed by atoms with Gasteiger partial charge < -0.3 is 19.3 Å². The monoisotopic (exact) mass is 424 g/mol. The first-order chi connectivity index (χ1) is 15.6. The molecule has 1 saturated heterocycles. The Morgan fingerprint density at radius 2 is 1.78 bits per heavy atom. The summed E-state index contributed by atoms with van der Waals surface area (Å²) >= 11 is 0. The van der Waals surface area contributed by atoms with E-state index >= 15 is 0 Å². The van der Waals surface area contributed by atoms with Crippen molar-refractivity contribution in [2.45, 2.75) is 24.5 Å². The molecule has 1 N–H and O–H groups in total. The fourth-order valence-corrected chi connectivity index (χ4v) is 6.02. The third kappa shape index (κ3) is 2.45. The van der Waals surface area contributed by atoms with Crippen molar-refractivity contribution in [3.05, 3.63) is 83.9 Å². The lowest BCUT2D eigenvalue weighted by atomic mass is 9.73. The molecule has 2 aliphatic rings. The van der Waals surface area contributed by atoms with E-state index in [4.69, 9.17) is 4.74 Å². The van der Waals surface area contributed by atoms with E-state index in [0.717, 1.165) is 12.1 Å². The number of ether oxygens (including phenoxy) is 1. The van der Waals surface area contributed by atoms with E-state index in [-0.39, 0.29) is 12.0 Å². The minimum atomic E-state index is -0.590. The molecule has 162 valence electrons. The summed E-state index contributed by atoms with van der Waals surface area (Å²) < 4.78 is 8.78. The summed E-state index contributed by atoms with van der Waals surface area (Å²) in [6.45, 7) is 3.89. The summed E-state index contributed by atoms with van der Waals surface area (Å²) in [6.07, 6.45) is 5.07. The van der Waals surface area contributed by atoms with E-state index in [2.05, 4.69) is 102 Å². The van der Waals surface area contributed by atoms with Gasteiger partial charge in [0.05, 0.1) is 6.61 Å². The summed E-state index contributed by atoms with van der Waals surface area (Å²) in [4.78, 5) is 2.38. The molecule has 0 radical (unpaired) electrons. The first-order valence-electron chi connectivity index (χ1n) is 11.4. The summed E-state index contributed by atoms with van der Waals surface area (Å²) in [6, 6.07) is 23.7. The van der Waals surface area contributed by atoms with Gasteiger partial charge in [0, 0.05) is 53.1 Å². The van der Waals surface area contributed by atoms with Crippen molar-refractivity contribution in [1.82, 2.24) is 4.57 Å². The standard InChI is InChI=1S/C28H28N2O2/c1-27(15-17-31)23-8-4-6-10-26(23)30-16-18-32-28(27,30)14-13-20-11-12-25-22(19-20)21-7-3-5-9-24(21)29(25)2/h3-14,19,31H,15-18H2,1-2H3. The Kier molecular flexibility index (Phi) is 4.26. The van der Waals surface area contributed by atoms with Crippen molar-refractivity contribution >= 4 is 33.6 Å². The zero-order valence-electron chi connectivity index (χ0n) is 18.6. The average Bonchev–Trinajstić information content (AvgIpc) is 3.44. The first kappa shape index (κ1) is 19.6. The second-order valence-corrected chi connectivity index (χ2v) is 9.21. The van der Waals surface area contributed by atoms with Crippen LogP contribution in [-0.2, 0) is 17.2 Å². The van der Waals surface area contributed by atoms with Gasteiger partial charge in [-0.2, -0.15) is 0 Å². The summed E-state index contributed by atoms with van der Waals surface area (Å²) in [5, 5.41) is 12.5. The molecule has 0 spiro atoms. The fourth-order valence-electron chi connectivity index (χ4n) is 6.02. The van der Waals surface area contributed by atoms with E-state index in [0.29, 0.717) is 13.0 Å². The van der Waals surface area contributed by atoms with Gasteiger partial charge in [0.15, 0.2) is 5.72 Å². The van der Waals surface area contributed by atoms with Crippen LogP contribution in [0.2, 0.25) is 0 Å². The summed E-state index contributed by atoms with van der Waals surface area (Å²) in [5.74, 6) is 0. The van der Waals surface area contributed by atoms with Crippen LogP contribution in [0.4, 0.5) is 5.69 Å². The molecule has 0 bridgehead atoms. The van der Waals surface area contributed by atoms with Gasteiger partial charge in [0.25, 0.3) is 0 Å². The number of fused-ring (bicyclic) bond motifs is 6. The van der Waals surface area contributed by atoms with Gasteiger partial charge in [0.1, 0.15) is 0 Å². The number of nitrogens with zero attached hydrogens (tertiary/aromatic N) is 2. The van der Waals surface area contributed by atoms with Gasteiger partial charge in [-0.15, -0.1) is 0 Å². The van der Waals surface area contributed by atoms with Crippen LogP contribution in [-0.4, -0.2) is 35.2 Å². The molecule has 1 aromatic heterocycles. The topological polar surface area (TPSA) is 37.6 Å². The number of benzene rings is 3. The molecule has 2 unspecified atom stereocenters. The highest BCUT2D eigenvalue weighted by Gasteiger charge is 2.60. The number of para-hydroxylation sites is 2. The molecule has 0 aliphatic carbocycles. The Labute approximate surface area is 188 Å². The normalized spacial score (nSPS) is 24.7. The van der Waals surface area contributed by atoms with Crippen LogP contribution in [0.3, 0.4) is 0 Å². The second kappa shape index (κ2) is 6.96. The summed E-state index contributed by atoms with van der Waals surface area (Å²) in [7, 11) is 2.12. The van der Waals surface area contributed by atoms with E-state index < -0.39 is 5.72 Å². The molecular weight excluding hydrogens is 396 g/mol. The van der Waals surface area contributed by atoms with Gasteiger partial charge in [-0.3, -0.25) is 0 Å². The van der Waals surface area contributed by atoms with E-state index in [1.165, 1.54) is 33.1 Å². The summed E-state index contributed by atoms with van der Waals surface area (Å²) in [5.41, 5.74) is 5.19. The quantitative estimate of drug-likeness (QED) is 0.487. The van der Waals surface area contributed by atoms with Crippen LogP contribution < -0.4 is 4.90 Å². The Morgan fingerprint density at radius 3 is 2.66 bits per heavy atom. The zero-order chi connectivity index (χ0) is 21.9. The maximum Gasteiger partial charge on any atom is 0.170 e. The number of anilines is 1. The van der Waals surface area contributed by atoms with E-state index in [1.807, 2.05) is 0 Å². The van der Waals surface area contributed by atoms with Crippen molar-refractivity contribution in [2.24, 2.45) is 7.05 Å². The molecule has 0 saturated carbocycles. The number of hydrogen-bond donors (Lipinski definition) is 1. The average molecular weight is 425 g/mol. The van der Waals surface area contributed by atoms with E-state index in [1.54, 1.807) is 0 Å². The zero-order valence-corrected chi connectivity index (χ0v) is 18.6. The van der Waals surface area contributed by atoms with Crippen LogP contribution in [0.25, 0.3) is 27.9 Å². The van der Waals surface area contributed by atoms with E-state index in [9.17, 15) is 5.11 Å². The molecule has 4 nitrogen and oxygen atoms in total. The molecule has 3 heterocycles. The number of aryl methyl sites for hydroxylation is 1. The Hall–Kier alpha value is -3.08. The van der Waals surface area contributed by atoms with Gasteiger partial charge in [0.2, 0.25) is 0 Å². The number of hydrogen-bond acceptors (Lipinski definition) is 3. The smallest absolute Gasteiger partial charge is 0.170 e. The Balaban J connectivity index is 1.48. The second-order valence-electron chi connectivity index (χ2n) is 9.21. The molecule has 0 amide bonds. The highest BCUT2D eigenvalue weighted by Crippen LogP contribution is 2.56. The molecule has 2 atom stereocenters. The lowest BCUT2D eigenvalue weighted by Crippen LogP contribution is -2.53. The lowest BCUT2D eigenvalue weighted by Gasteiger charge is -2.42. The molecule has 4 heteroatoms. The SMILES string of the molecule is Cn1c2ccccc2c2cc(C=CC34OCCN3c3ccccc3C4(C)CCO)ccc21. The van der Waals surface area contributed by atoms with Crippen LogP contribution in [0.5, 0.6) is 0 Å². The molecule has 6 rings (SSSR count). The molecule has 2 aliphatic heterocycles. The number of rotatable bonds is 4. The minimum absolute atomic E-state index is 0.125. The largest absolute Gasteiger partial charge is 0.396 e. The highest BCUT2D eigenvalue weighted by atomic mass is 16.5. The minimum Gasteiger partial charge on any atom is -0.396 e. The number of aliphatic hydroxyl groups is 1. The maximum atomic E-state index is 9.96. The van der Waals surface area contributed by atoms with Crippen LogP contribution >= 0.6 is 0 Å². The Bertz CT molecular complexity index is 1370. The van der Waals surface area contributed by atoms with Crippen LogP contribution in [0.15, 0.2) is 72.8 Å². The van der Waals surface area contributed by atoms with Crippen molar-refractivity contribution in [2.75, 3.05) is 24.7 Å². The number of aliphatic hydroxyl groups excluding tert-OH is 1. The van der Waals surface area contributed by atoms with Crippen molar-refractivity contribution < 1.29 is 9.84 Å². The van der Waals surface area contributed by atoms with Gasteiger partial charge >= 0.3 is 0 Å². The van der Waals surface area contributed by atoms with Crippen molar-refractivity contribution in [3.63, 3.8) is 0 Å². The number of aromatic nitrogens is 1. The Morgan fingerprint density at radius 1 is 1.00 bits per heavy atom.